The first-order chi connectivity index (χ1) is 8.13. The molecule has 1 heterocycles. The first-order valence-electron chi connectivity index (χ1n) is 5.35. The van der Waals surface area contributed by atoms with Crippen LogP contribution in [-0.4, -0.2) is 11.4 Å². The van der Waals surface area contributed by atoms with E-state index in [2.05, 4.69) is 68.5 Å². The SMILES string of the molecule is C=C1C(Br)=C[C-]=C(c2ccc(Br)cc2)N1CC.[Y]. The van der Waals surface area contributed by atoms with Gasteiger partial charge in [-0.3, -0.25) is 0 Å². The Morgan fingerprint density at radius 1 is 1.22 bits per heavy atom. The summed E-state index contributed by atoms with van der Waals surface area (Å²) < 4.78 is 2.07. The Bertz CT molecular complexity index is 503. The predicted molar refractivity (Wildman–Crippen MR) is 79.3 cm³/mol. The Morgan fingerprint density at radius 3 is 2.39 bits per heavy atom. The first-order valence-corrected chi connectivity index (χ1v) is 6.94. The largest absolute Gasteiger partial charge is 0.375 e. The molecule has 1 aliphatic rings. The van der Waals surface area contributed by atoms with Gasteiger partial charge in [0.15, 0.2) is 0 Å². The number of allylic oxidation sites excluding steroid dienone is 3. The third-order valence-corrected chi connectivity index (χ3v) is 3.86. The number of likely N-dealkylation sites (N-methyl/N-ethyl adjacent to an activating group) is 1. The van der Waals surface area contributed by atoms with Crippen molar-refractivity contribution in [3.8, 4) is 0 Å². The van der Waals surface area contributed by atoms with Crippen molar-refractivity contribution < 1.29 is 32.7 Å². The number of halogens is 2. The molecule has 91 valence electrons. The first kappa shape index (κ1) is 16.4. The number of rotatable bonds is 2. The van der Waals surface area contributed by atoms with Gasteiger partial charge in [-0.1, -0.05) is 50.4 Å². The summed E-state index contributed by atoms with van der Waals surface area (Å²) in [4.78, 5) is 2.15. The summed E-state index contributed by atoms with van der Waals surface area (Å²) in [5.74, 6) is 0. The second kappa shape index (κ2) is 7.18. The molecule has 0 saturated heterocycles. The summed E-state index contributed by atoms with van der Waals surface area (Å²) in [6.07, 6.45) is 5.22. The maximum absolute atomic E-state index is 4.08. The third-order valence-electron chi connectivity index (χ3n) is 2.64. The summed E-state index contributed by atoms with van der Waals surface area (Å²) in [5.41, 5.74) is 3.19. The Balaban J connectivity index is 0.00000162. The van der Waals surface area contributed by atoms with Crippen molar-refractivity contribution in [1.29, 1.82) is 0 Å². The van der Waals surface area contributed by atoms with Gasteiger partial charge in [0.25, 0.3) is 0 Å². The fraction of sp³-hybridized carbons (Fsp3) is 0.143. The molecule has 0 atom stereocenters. The molecule has 18 heavy (non-hydrogen) atoms. The number of hydrogen-bond donors (Lipinski definition) is 0. The summed E-state index contributed by atoms with van der Waals surface area (Å²) in [6.45, 7) is 7.07. The Hall–Kier alpha value is 0.304. The van der Waals surface area contributed by atoms with Crippen LogP contribution in [0.15, 0.2) is 51.6 Å². The van der Waals surface area contributed by atoms with Gasteiger partial charge in [0.05, 0.1) is 0 Å². The molecule has 0 bridgehead atoms. The molecule has 1 aliphatic heterocycles. The topological polar surface area (TPSA) is 3.24 Å². The van der Waals surface area contributed by atoms with Crippen molar-refractivity contribution in [2.24, 2.45) is 0 Å². The van der Waals surface area contributed by atoms with Gasteiger partial charge in [0.2, 0.25) is 0 Å². The zero-order valence-electron chi connectivity index (χ0n) is 10.1. The molecule has 0 unspecified atom stereocenters. The second-order valence-electron chi connectivity index (χ2n) is 3.68. The fourth-order valence-corrected chi connectivity index (χ4v) is 2.35. The van der Waals surface area contributed by atoms with Crippen LogP contribution < -0.4 is 0 Å². The Kier molecular flexibility index (Phi) is 6.53. The molecule has 1 radical (unpaired) electrons. The molecule has 0 amide bonds. The van der Waals surface area contributed by atoms with Gasteiger partial charge in [-0.2, -0.15) is 12.2 Å². The average molecular weight is 443 g/mol. The van der Waals surface area contributed by atoms with Crippen LogP contribution in [0, 0.1) is 6.08 Å². The second-order valence-corrected chi connectivity index (χ2v) is 5.45. The standard InChI is InChI=1S/C14H12Br2N.Y/c1-3-17-10(2)13(16)8-9-14(17)11-4-6-12(15)7-5-11;/h4-8H,2-3H2,1H3;/q-1;. The van der Waals surface area contributed by atoms with Gasteiger partial charge in [0, 0.05) is 43.7 Å². The van der Waals surface area contributed by atoms with Crippen LogP contribution in [-0.2, 0) is 32.7 Å². The van der Waals surface area contributed by atoms with E-state index < -0.39 is 0 Å². The van der Waals surface area contributed by atoms with E-state index >= 15 is 0 Å². The van der Waals surface area contributed by atoms with Crippen molar-refractivity contribution in [1.82, 2.24) is 4.90 Å². The zero-order valence-corrected chi connectivity index (χ0v) is 16.1. The van der Waals surface area contributed by atoms with Crippen molar-refractivity contribution in [2.45, 2.75) is 6.92 Å². The van der Waals surface area contributed by atoms with Gasteiger partial charge in [-0.25, -0.2) is 0 Å². The maximum Gasteiger partial charge on any atom is 0.0169 e. The van der Waals surface area contributed by atoms with E-state index in [1.54, 1.807) is 0 Å². The Labute approximate surface area is 150 Å². The molecular weight excluding hydrogens is 431 g/mol. The van der Waals surface area contributed by atoms with E-state index in [1.807, 2.05) is 18.2 Å². The summed E-state index contributed by atoms with van der Waals surface area (Å²) >= 11 is 6.93. The third kappa shape index (κ3) is 3.44. The van der Waals surface area contributed by atoms with Gasteiger partial charge in [0.1, 0.15) is 0 Å². The van der Waals surface area contributed by atoms with Crippen LogP contribution in [0.2, 0.25) is 0 Å². The smallest absolute Gasteiger partial charge is 0.0169 e. The summed E-state index contributed by atoms with van der Waals surface area (Å²) in [5, 5.41) is 0. The molecule has 0 fully saturated rings. The number of benzene rings is 1. The molecule has 0 N–H and O–H groups in total. The summed E-state index contributed by atoms with van der Waals surface area (Å²) in [7, 11) is 0. The van der Waals surface area contributed by atoms with Crippen LogP contribution in [0.5, 0.6) is 0 Å². The van der Waals surface area contributed by atoms with Gasteiger partial charge in [-0.05, 0) is 12.6 Å². The fourth-order valence-electron chi connectivity index (χ4n) is 1.75. The average Bonchev–Trinajstić information content (AvgIpc) is 2.34. The van der Waals surface area contributed by atoms with E-state index in [4.69, 9.17) is 0 Å². The van der Waals surface area contributed by atoms with Gasteiger partial charge in [-0.15, -0.1) is 28.1 Å². The molecule has 1 aromatic rings. The van der Waals surface area contributed by atoms with Crippen molar-refractivity contribution >= 4 is 37.6 Å². The predicted octanol–water partition coefficient (Wildman–Crippen LogP) is 4.72. The molecule has 1 aromatic carbocycles. The molecule has 0 saturated carbocycles. The van der Waals surface area contributed by atoms with Gasteiger partial charge < -0.3 is 4.90 Å². The zero-order chi connectivity index (χ0) is 12.4. The van der Waals surface area contributed by atoms with E-state index in [1.165, 1.54) is 0 Å². The van der Waals surface area contributed by atoms with Crippen molar-refractivity contribution in [3.63, 3.8) is 0 Å². The molecule has 4 heteroatoms. The minimum Gasteiger partial charge on any atom is -0.375 e. The van der Waals surface area contributed by atoms with Crippen LogP contribution >= 0.6 is 31.9 Å². The van der Waals surface area contributed by atoms with Crippen LogP contribution in [0.1, 0.15) is 12.5 Å². The van der Waals surface area contributed by atoms with E-state index in [9.17, 15) is 0 Å². The van der Waals surface area contributed by atoms with Crippen molar-refractivity contribution in [3.05, 3.63) is 63.2 Å². The molecular formula is C14H12Br2NY-. The number of nitrogens with zero attached hydrogens (tertiary/aromatic N) is 1. The van der Waals surface area contributed by atoms with E-state index in [-0.39, 0.29) is 32.7 Å². The van der Waals surface area contributed by atoms with Gasteiger partial charge >= 0.3 is 0 Å². The minimum atomic E-state index is 0. The normalized spacial score (nSPS) is 14.8. The minimum absolute atomic E-state index is 0. The monoisotopic (exact) mass is 441 g/mol. The Morgan fingerprint density at radius 2 is 1.83 bits per heavy atom. The van der Waals surface area contributed by atoms with Crippen LogP contribution in [0.3, 0.4) is 0 Å². The van der Waals surface area contributed by atoms with Crippen molar-refractivity contribution in [2.75, 3.05) is 6.54 Å². The molecule has 2 rings (SSSR count). The number of hydrogen-bond acceptors (Lipinski definition) is 1. The molecule has 0 aromatic heterocycles. The maximum atomic E-state index is 4.08. The molecule has 0 spiro atoms. The molecule has 1 nitrogen and oxygen atoms in total. The molecule has 0 aliphatic carbocycles. The van der Waals surface area contributed by atoms with E-state index in [0.717, 1.165) is 32.5 Å². The van der Waals surface area contributed by atoms with Crippen LogP contribution in [0.4, 0.5) is 0 Å². The quantitative estimate of drug-likeness (QED) is 0.599. The van der Waals surface area contributed by atoms with Crippen LogP contribution in [0.25, 0.3) is 5.70 Å². The summed E-state index contributed by atoms with van der Waals surface area (Å²) in [6, 6.07) is 8.23. The van der Waals surface area contributed by atoms with E-state index in [0.29, 0.717) is 0 Å².